The molecule has 0 radical (unpaired) electrons. The van der Waals surface area contributed by atoms with Crippen molar-refractivity contribution in [1.82, 2.24) is 10.6 Å². The van der Waals surface area contributed by atoms with Crippen molar-refractivity contribution < 1.29 is 4.79 Å². The van der Waals surface area contributed by atoms with Crippen molar-refractivity contribution in [3.8, 4) is 0 Å². The first-order valence-corrected chi connectivity index (χ1v) is 9.00. The molecule has 134 valence electrons. The SMILES string of the molecule is CC1=C(C(=O)Nc2ccc(C)cc2C)[C@@H](c2ccccc2C)NC(=S)N1. The van der Waals surface area contributed by atoms with Crippen molar-refractivity contribution in [2.75, 3.05) is 5.32 Å². The third-order valence-corrected chi connectivity index (χ3v) is 4.86. The second kappa shape index (κ2) is 7.30. The molecule has 2 aromatic carbocycles. The Labute approximate surface area is 159 Å². The van der Waals surface area contributed by atoms with Crippen molar-refractivity contribution in [2.45, 2.75) is 33.7 Å². The normalized spacial score (nSPS) is 16.8. The fourth-order valence-corrected chi connectivity index (χ4v) is 3.55. The number of rotatable bonds is 3. The molecule has 0 unspecified atom stereocenters. The van der Waals surface area contributed by atoms with Crippen LogP contribution >= 0.6 is 12.2 Å². The third kappa shape index (κ3) is 3.63. The van der Waals surface area contributed by atoms with Gasteiger partial charge in [-0.15, -0.1) is 0 Å². The standard InChI is InChI=1S/C21H23N3OS/c1-12-9-10-17(14(3)11-12)23-20(25)18-15(4)22-21(26)24-19(18)16-8-6-5-7-13(16)2/h5-11,19H,1-4H3,(H,23,25)(H2,22,24,26)/t19-/m1/s1. The minimum Gasteiger partial charge on any atom is -0.351 e. The number of nitrogens with one attached hydrogen (secondary N) is 3. The Morgan fingerprint density at radius 2 is 1.77 bits per heavy atom. The van der Waals surface area contributed by atoms with E-state index in [0.717, 1.165) is 28.1 Å². The van der Waals surface area contributed by atoms with E-state index >= 15 is 0 Å². The van der Waals surface area contributed by atoms with Crippen LogP contribution in [0.1, 0.15) is 35.2 Å². The largest absolute Gasteiger partial charge is 0.351 e. The second-order valence-electron chi connectivity index (χ2n) is 6.70. The molecule has 1 aliphatic heterocycles. The van der Waals surface area contributed by atoms with E-state index in [4.69, 9.17) is 12.2 Å². The average molecular weight is 366 g/mol. The van der Waals surface area contributed by atoms with Gasteiger partial charge in [-0.2, -0.15) is 0 Å². The Balaban J connectivity index is 1.98. The van der Waals surface area contributed by atoms with Gasteiger partial charge in [-0.05, 0) is 62.7 Å². The van der Waals surface area contributed by atoms with Crippen molar-refractivity contribution in [3.05, 3.63) is 76.0 Å². The zero-order valence-electron chi connectivity index (χ0n) is 15.4. The Bertz CT molecular complexity index is 917. The summed E-state index contributed by atoms with van der Waals surface area (Å²) < 4.78 is 0. The molecule has 0 fully saturated rings. The van der Waals surface area contributed by atoms with E-state index in [1.165, 1.54) is 5.56 Å². The van der Waals surface area contributed by atoms with Crippen LogP contribution in [0.5, 0.6) is 0 Å². The molecular formula is C21H23N3OS. The molecule has 0 spiro atoms. The van der Waals surface area contributed by atoms with Crippen LogP contribution in [-0.2, 0) is 4.79 Å². The van der Waals surface area contributed by atoms with E-state index in [1.807, 2.05) is 64.1 Å². The summed E-state index contributed by atoms with van der Waals surface area (Å²) in [4.78, 5) is 13.1. The summed E-state index contributed by atoms with van der Waals surface area (Å²) in [5.74, 6) is -0.134. The minimum atomic E-state index is -0.282. The predicted octanol–water partition coefficient (Wildman–Crippen LogP) is 4.04. The molecule has 3 N–H and O–H groups in total. The highest BCUT2D eigenvalue weighted by molar-refractivity contribution is 7.80. The van der Waals surface area contributed by atoms with Gasteiger partial charge in [0.2, 0.25) is 0 Å². The second-order valence-corrected chi connectivity index (χ2v) is 7.11. The number of hydrogen-bond donors (Lipinski definition) is 3. The number of allylic oxidation sites excluding steroid dienone is 1. The maximum absolute atomic E-state index is 13.1. The van der Waals surface area contributed by atoms with Gasteiger partial charge in [0.25, 0.3) is 5.91 Å². The minimum absolute atomic E-state index is 0.134. The molecule has 0 aliphatic carbocycles. The Kier molecular flexibility index (Phi) is 5.09. The first-order valence-electron chi connectivity index (χ1n) is 8.59. The molecule has 0 aromatic heterocycles. The van der Waals surface area contributed by atoms with Gasteiger partial charge in [-0.3, -0.25) is 4.79 Å². The van der Waals surface area contributed by atoms with Crippen molar-refractivity contribution in [2.24, 2.45) is 0 Å². The molecule has 1 aliphatic rings. The lowest BCUT2D eigenvalue weighted by atomic mass is 9.92. The number of thiocarbonyl (C=S) groups is 1. The molecule has 4 nitrogen and oxygen atoms in total. The summed E-state index contributed by atoms with van der Waals surface area (Å²) >= 11 is 5.32. The third-order valence-electron chi connectivity index (χ3n) is 4.64. The van der Waals surface area contributed by atoms with Crippen LogP contribution in [0.2, 0.25) is 0 Å². The summed E-state index contributed by atoms with van der Waals surface area (Å²) in [5, 5.41) is 9.90. The molecule has 1 heterocycles. The van der Waals surface area contributed by atoms with Crippen LogP contribution < -0.4 is 16.0 Å². The van der Waals surface area contributed by atoms with Gasteiger partial charge >= 0.3 is 0 Å². The molecule has 3 rings (SSSR count). The van der Waals surface area contributed by atoms with Crippen LogP contribution in [0.15, 0.2) is 53.7 Å². The van der Waals surface area contributed by atoms with Gasteiger partial charge in [0, 0.05) is 11.4 Å². The number of carbonyl (C=O) groups excluding carboxylic acids is 1. The number of amides is 1. The lowest BCUT2D eigenvalue weighted by molar-refractivity contribution is -0.113. The van der Waals surface area contributed by atoms with Gasteiger partial charge in [0.05, 0.1) is 11.6 Å². The fourth-order valence-electron chi connectivity index (χ4n) is 3.28. The van der Waals surface area contributed by atoms with Gasteiger partial charge in [-0.25, -0.2) is 0 Å². The quantitative estimate of drug-likeness (QED) is 0.719. The van der Waals surface area contributed by atoms with E-state index in [9.17, 15) is 4.79 Å². The molecule has 5 heteroatoms. The average Bonchev–Trinajstić information content (AvgIpc) is 2.57. The molecule has 1 amide bonds. The van der Waals surface area contributed by atoms with E-state index in [0.29, 0.717) is 10.7 Å². The van der Waals surface area contributed by atoms with Crippen molar-refractivity contribution in [1.29, 1.82) is 0 Å². The zero-order chi connectivity index (χ0) is 18.8. The van der Waals surface area contributed by atoms with Crippen LogP contribution in [0.4, 0.5) is 5.69 Å². The summed E-state index contributed by atoms with van der Waals surface area (Å²) in [6.45, 7) is 7.96. The number of carbonyl (C=O) groups is 1. The summed E-state index contributed by atoms with van der Waals surface area (Å²) in [7, 11) is 0. The highest BCUT2D eigenvalue weighted by Crippen LogP contribution is 2.30. The van der Waals surface area contributed by atoms with Crippen LogP contribution in [0, 0.1) is 20.8 Å². The van der Waals surface area contributed by atoms with E-state index in [1.54, 1.807) is 0 Å². The van der Waals surface area contributed by atoms with E-state index in [-0.39, 0.29) is 11.9 Å². The molecule has 2 aromatic rings. The van der Waals surface area contributed by atoms with Gasteiger partial charge in [0.1, 0.15) is 0 Å². The maximum atomic E-state index is 13.1. The molecule has 0 saturated heterocycles. The number of anilines is 1. The number of aryl methyl sites for hydroxylation is 3. The van der Waals surface area contributed by atoms with Gasteiger partial charge in [-0.1, -0.05) is 42.0 Å². The Hall–Kier alpha value is -2.66. The lowest BCUT2D eigenvalue weighted by Gasteiger charge is -2.31. The Morgan fingerprint density at radius 3 is 2.46 bits per heavy atom. The summed E-state index contributed by atoms with van der Waals surface area (Å²) in [6, 6.07) is 13.7. The number of benzene rings is 2. The summed E-state index contributed by atoms with van der Waals surface area (Å²) in [5.41, 5.74) is 6.59. The Morgan fingerprint density at radius 1 is 1.04 bits per heavy atom. The zero-order valence-corrected chi connectivity index (χ0v) is 16.3. The first-order chi connectivity index (χ1) is 12.4. The van der Waals surface area contributed by atoms with Crippen LogP contribution in [0.25, 0.3) is 0 Å². The van der Waals surface area contributed by atoms with Crippen molar-refractivity contribution >= 4 is 28.9 Å². The predicted molar refractivity (Wildman–Crippen MR) is 110 cm³/mol. The topological polar surface area (TPSA) is 53.2 Å². The van der Waals surface area contributed by atoms with Gasteiger partial charge in [0.15, 0.2) is 5.11 Å². The highest BCUT2D eigenvalue weighted by Gasteiger charge is 2.30. The fraction of sp³-hybridized carbons (Fsp3) is 0.238. The number of hydrogen-bond acceptors (Lipinski definition) is 2. The molecule has 1 atom stereocenters. The molecule has 0 saturated carbocycles. The lowest BCUT2D eigenvalue weighted by Crippen LogP contribution is -2.46. The van der Waals surface area contributed by atoms with Gasteiger partial charge < -0.3 is 16.0 Å². The maximum Gasteiger partial charge on any atom is 0.255 e. The smallest absolute Gasteiger partial charge is 0.255 e. The molecular weight excluding hydrogens is 342 g/mol. The highest BCUT2D eigenvalue weighted by atomic mass is 32.1. The monoisotopic (exact) mass is 365 g/mol. The van der Waals surface area contributed by atoms with Crippen molar-refractivity contribution in [3.63, 3.8) is 0 Å². The van der Waals surface area contributed by atoms with E-state index < -0.39 is 0 Å². The molecule has 0 bridgehead atoms. The van der Waals surface area contributed by atoms with E-state index in [2.05, 4.69) is 22.0 Å². The first kappa shape index (κ1) is 18.1. The molecule has 26 heavy (non-hydrogen) atoms. The van der Waals surface area contributed by atoms with Crippen LogP contribution in [-0.4, -0.2) is 11.0 Å². The van der Waals surface area contributed by atoms with Crippen LogP contribution in [0.3, 0.4) is 0 Å². The summed E-state index contributed by atoms with van der Waals surface area (Å²) in [6.07, 6.45) is 0.